The number of carbonyl (C=O) groups is 3. The third kappa shape index (κ3) is 5.07. The number of ether oxygens (including phenoxy) is 1. The normalized spacial score (nSPS) is 11.4. The molecule has 0 unspecified atom stereocenters. The number of amides is 2. The van der Waals surface area contributed by atoms with Crippen molar-refractivity contribution in [3.05, 3.63) is 66.4 Å². The summed E-state index contributed by atoms with van der Waals surface area (Å²) in [6.45, 7) is 2.90. The standard InChI is InChI=1S/C21H20N4O4/c1-13(20(27)24-17-10-8-16(9-11-17)23-14(2)26)29-21(28)18-12-22-25-19(18)15-6-4-3-5-7-15/h3-13H,1-2H3,(H,22,25)(H,23,26)(H,24,27)/t13-/m1/s1. The van der Waals surface area contributed by atoms with Crippen LogP contribution in [0.25, 0.3) is 11.3 Å². The van der Waals surface area contributed by atoms with Gasteiger partial charge in [0.15, 0.2) is 6.10 Å². The smallest absolute Gasteiger partial charge is 0.342 e. The second kappa shape index (κ2) is 8.83. The Labute approximate surface area is 167 Å². The van der Waals surface area contributed by atoms with Crippen molar-refractivity contribution < 1.29 is 19.1 Å². The molecule has 0 saturated carbocycles. The number of aromatic nitrogens is 2. The van der Waals surface area contributed by atoms with Crippen molar-refractivity contribution in [3.63, 3.8) is 0 Å². The van der Waals surface area contributed by atoms with Gasteiger partial charge in [-0.3, -0.25) is 14.7 Å². The lowest BCUT2D eigenvalue weighted by atomic mass is 10.1. The Bertz CT molecular complexity index is 1010. The number of nitrogens with zero attached hydrogens (tertiary/aromatic N) is 1. The fourth-order valence-corrected chi connectivity index (χ4v) is 2.63. The molecule has 1 heterocycles. The molecule has 0 spiro atoms. The zero-order valence-electron chi connectivity index (χ0n) is 15.9. The van der Waals surface area contributed by atoms with Gasteiger partial charge in [-0.2, -0.15) is 5.10 Å². The van der Waals surface area contributed by atoms with Crippen molar-refractivity contribution in [2.75, 3.05) is 10.6 Å². The molecule has 2 aromatic carbocycles. The van der Waals surface area contributed by atoms with Gasteiger partial charge in [-0.15, -0.1) is 0 Å². The molecule has 8 nitrogen and oxygen atoms in total. The summed E-state index contributed by atoms with van der Waals surface area (Å²) in [5.74, 6) is -1.31. The molecule has 0 aliphatic carbocycles. The monoisotopic (exact) mass is 392 g/mol. The van der Waals surface area contributed by atoms with Gasteiger partial charge in [-0.05, 0) is 31.2 Å². The molecule has 3 rings (SSSR count). The van der Waals surface area contributed by atoms with Gasteiger partial charge in [-0.25, -0.2) is 4.79 Å². The molecule has 0 bridgehead atoms. The first kappa shape index (κ1) is 19.8. The number of esters is 1. The van der Waals surface area contributed by atoms with E-state index in [-0.39, 0.29) is 11.5 Å². The fourth-order valence-electron chi connectivity index (χ4n) is 2.63. The minimum Gasteiger partial charge on any atom is -0.449 e. The second-order valence-corrected chi connectivity index (χ2v) is 6.32. The van der Waals surface area contributed by atoms with Gasteiger partial charge in [0.25, 0.3) is 5.91 Å². The lowest BCUT2D eigenvalue weighted by Crippen LogP contribution is -2.30. The third-order valence-electron chi connectivity index (χ3n) is 4.05. The molecule has 0 aliphatic heterocycles. The van der Waals surface area contributed by atoms with Crippen LogP contribution in [-0.2, 0) is 14.3 Å². The van der Waals surface area contributed by atoms with Gasteiger partial charge < -0.3 is 15.4 Å². The molecule has 29 heavy (non-hydrogen) atoms. The number of carbonyl (C=O) groups excluding carboxylic acids is 3. The van der Waals surface area contributed by atoms with E-state index in [2.05, 4.69) is 20.8 Å². The van der Waals surface area contributed by atoms with E-state index in [1.807, 2.05) is 30.3 Å². The van der Waals surface area contributed by atoms with E-state index in [9.17, 15) is 14.4 Å². The van der Waals surface area contributed by atoms with Crippen molar-refractivity contribution in [2.24, 2.45) is 0 Å². The van der Waals surface area contributed by atoms with E-state index >= 15 is 0 Å². The van der Waals surface area contributed by atoms with Crippen LogP contribution >= 0.6 is 0 Å². The number of hydrogen-bond acceptors (Lipinski definition) is 5. The summed E-state index contributed by atoms with van der Waals surface area (Å²) in [6.07, 6.45) is 0.354. The van der Waals surface area contributed by atoms with Gasteiger partial charge in [0, 0.05) is 23.9 Å². The summed E-state index contributed by atoms with van der Waals surface area (Å²) in [7, 11) is 0. The maximum Gasteiger partial charge on any atom is 0.342 e. The largest absolute Gasteiger partial charge is 0.449 e. The molecule has 3 N–H and O–H groups in total. The summed E-state index contributed by atoms with van der Waals surface area (Å²) in [6, 6.07) is 15.8. The molecule has 2 amide bonds. The lowest BCUT2D eigenvalue weighted by Gasteiger charge is -2.14. The van der Waals surface area contributed by atoms with E-state index in [1.165, 1.54) is 20.0 Å². The summed E-state index contributed by atoms with van der Waals surface area (Å²) in [4.78, 5) is 35.9. The van der Waals surface area contributed by atoms with Crippen LogP contribution in [0.15, 0.2) is 60.8 Å². The van der Waals surface area contributed by atoms with Gasteiger partial charge >= 0.3 is 5.97 Å². The number of H-pyrrole nitrogens is 1. The number of aromatic amines is 1. The number of benzene rings is 2. The third-order valence-corrected chi connectivity index (χ3v) is 4.05. The first-order valence-corrected chi connectivity index (χ1v) is 8.92. The van der Waals surface area contributed by atoms with Gasteiger partial charge in [0.1, 0.15) is 5.56 Å². The van der Waals surface area contributed by atoms with E-state index in [0.29, 0.717) is 17.1 Å². The first-order chi connectivity index (χ1) is 13.9. The minimum absolute atomic E-state index is 0.184. The zero-order valence-corrected chi connectivity index (χ0v) is 15.9. The summed E-state index contributed by atoms with van der Waals surface area (Å²) in [5, 5.41) is 12.0. The molecule has 3 aromatic rings. The van der Waals surface area contributed by atoms with Crippen molar-refractivity contribution in [1.29, 1.82) is 0 Å². The highest BCUT2D eigenvalue weighted by atomic mass is 16.5. The summed E-state index contributed by atoms with van der Waals surface area (Å²) < 4.78 is 5.30. The fraction of sp³-hybridized carbons (Fsp3) is 0.143. The highest BCUT2D eigenvalue weighted by Gasteiger charge is 2.22. The summed E-state index contributed by atoms with van der Waals surface area (Å²) in [5.41, 5.74) is 2.68. The van der Waals surface area contributed by atoms with E-state index in [0.717, 1.165) is 5.56 Å². The molecular formula is C21H20N4O4. The quantitative estimate of drug-likeness (QED) is 0.558. The van der Waals surface area contributed by atoms with Crippen LogP contribution < -0.4 is 10.6 Å². The number of rotatable bonds is 6. The van der Waals surface area contributed by atoms with E-state index in [4.69, 9.17) is 4.74 Å². The molecule has 0 aliphatic rings. The van der Waals surface area contributed by atoms with E-state index in [1.54, 1.807) is 24.3 Å². The molecule has 0 fully saturated rings. The average molecular weight is 392 g/mol. The molecule has 0 radical (unpaired) electrons. The lowest BCUT2D eigenvalue weighted by molar-refractivity contribution is -0.123. The van der Waals surface area contributed by atoms with Crippen molar-refractivity contribution in [2.45, 2.75) is 20.0 Å². The maximum atomic E-state index is 12.5. The predicted molar refractivity (Wildman–Crippen MR) is 108 cm³/mol. The highest BCUT2D eigenvalue weighted by molar-refractivity contribution is 6.00. The van der Waals surface area contributed by atoms with Gasteiger partial charge in [-0.1, -0.05) is 30.3 Å². The Kier molecular flexibility index (Phi) is 6.03. The highest BCUT2D eigenvalue weighted by Crippen LogP contribution is 2.22. The van der Waals surface area contributed by atoms with Crippen LogP contribution in [0, 0.1) is 0 Å². The van der Waals surface area contributed by atoms with Crippen LogP contribution in [0.4, 0.5) is 11.4 Å². The maximum absolute atomic E-state index is 12.5. The number of anilines is 2. The van der Waals surface area contributed by atoms with E-state index < -0.39 is 18.0 Å². The molecule has 0 saturated heterocycles. The number of hydrogen-bond donors (Lipinski definition) is 3. The molecule has 1 atom stereocenters. The van der Waals surface area contributed by atoms with Crippen LogP contribution in [-0.4, -0.2) is 34.1 Å². The Balaban J connectivity index is 1.62. The Morgan fingerprint density at radius 2 is 1.59 bits per heavy atom. The predicted octanol–water partition coefficient (Wildman–Crippen LogP) is 3.22. The van der Waals surface area contributed by atoms with Gasteiger partial charge in [0.05, 0.1) is 11.9 Å². The Morgan fingerprint density at radius 3 is 2.21 bits per heavy atom. The van der Waals surface area contributed by atoms with Crippen molar-refractivity contribution >= 4 is 29.2 Å². The van der Waals surface area contributed by atoms with Crippen LogP contribution in [0.2, 0.25) is 0 Å². The second-order valence-electron chi connectivity index (χ2n) is 6.32. The van der Waals surface area contributed by atoms with Crippen LogP contribution in [0.3, 0.4) is 0 Å². The van der Waals surface area contributed by atoms with Gasteiger partial charge in [0.2, 0.25) is 5.91 Å². The van der Waals surface area contributed by atoms with Crippen molar-refractivity contribution in [1.82, 2.24) is 10.2 Å². The minimum atomic E-state index is -1.02. The Hall–Kier alpha value is -3.94. The number of nitrogens with one attached hydrogen (secondary N) is 3. The zero-order chi connectivity index (χ0) is 20.8. The first-order valence-electron chi connectivity index (χ1n) is 8.92. The molecule has 1 aromatic heterocycles. The molecule has 148 valence electrons. The summed E-state index contributed by atoms with van der Waals surface area (Å²) >= 11 is 0. The topological polar surface area (TPSA) is 113 Å². The van der Waals surface area contributed by atoms with Crippen LogP contribution in [0.5, 0.6) is 0 Å². The Morgan fingerprint density at radius 1 is 0.966 bits per heavy atom. The van der Waals surface area contributed by atoms with Crippen molar-refractivity contribution in [3.8, 4) is 11.3 Å². The van der Waals surface area contributed by atoms with Crippen LogP contribution in [0.1, 0.15) is 24.2 Å². The average Bonchev–Trinajstić information content (AvgIpc) is 3.20. The molecular weight excluding hydrogens is 372 g/mol. The SMILES string of the molecule is CC(=O)Nc1ccc(NC(=O)[C@@H](C)OC(=O)c2cn[nH]c2-c2ccccc2)cc1. The molecule has 8 heteroatoms.